The first kappa shape index (κ1) is 9.19. The van der Waals surface area contributed by atoms with Gasteiger partial charge in [0.15, 0.2) is 0 Å². The molecular weight excluding hydrogens is 176 g/mol. The predicted octanol–water partition coefficient (Wildman–Crippen LogP) is 1.46. The largest absolute Gasteiger partial charge is 0.353 e. The van der Waals surface area contributed by atoms with Gasteiger partial charge in [0, 0.05) is 30.8 Å². The minimum Gasteiger partial charge on any atom is -0.353 e. The van der Waals surface area contributed by atoms with Crippen molar-refractivity contribution in [3.05, 3.63) is 30.1 Å². The summed E-state index contributed by atoms with van der Waals surface area (Å²) >= 11 is 0. The minimum atomic E-state index is 0.140. The zero-order valence-corrected chi connectivity index (χ0v) is 8.23. The third-order valence-electron chi connectivity index (χ3n) is 2.57. The van der Waals surface area contributed by atoms with Gasteiger partial charge in [0.25, 0.3) is 0 Å². The summed E-state index contributed by atoms with van der Waals surface area (Å²) in [5.41, 5.74) is 1.23. The van der Waals surface area contributed by atoms with Crippen LogP contribution in [0, 0.1) is 0 Å². The van der Waals surface area contributed by atoms with Crippen LogP contribution >= 0.6 is 0 Å². The molecule has 0 aromatic carbocycles. The van der Waals surface area contributed by atoms with Crippen LogP contribution in [-0.4, -0.2) is 16.9 Å². The molecule has 74 valence electrons. The number of carbonyl (C=O) groups is 1. The molecule has 1 aliphatic rings. The van der Waals surface area contributed by atoms with E-state index >= 15 is 0 Å². The molecule has 0 radical (unpaired) electrons. The number of nitrogens with one attached hydrogen (secondary N) is 1. The lowest BCUT2D eigenvalue weighted by Crippen LogP contribution is -2.25. The van der Waals surface area contributed by atoms with Crippen LogP contribution in [-0.2, 0) is 4.79 Å². The predicted molar refractivity (Wildman–Crippen MR) is 53.8 cm³/mol. The number of hydrogen-bond acceptors (Lipinski definition) is 2. The van der Waals surface area contributed by atoms with Gasteiger partial charge in [0.1, 0.15) is 0 Å². The molecule has 1 heterocycles. The van der Waals surface area contributed by atoms with Gasteiger partial charge in [-0.05, 0) is 18.1 Å². The standard InChI is InChI=1S/C11H14N2O/c1-2-11(14)13-10-6-9(10)8-4-3-5-12-7-8/h3-5,7,9-10H,2,6H2,1H3,(H,13,14)/t9-,10+/m1/s1. The summed E-state index contributed by atoms with van der Waals surface area (Å²) in [6, 6.07) is 4.34. The zero-order chi connectivity index (χ0) is 9.97. The maximum absolute atomic E-state index is 11.1. The van der Waals surface area contributed by atoms with Crippen molar-refractivity contribution in [1.29, 1.82) is 0 Å². The van der Waals surface area contributed by atoms with Crippen LogP contribution in [0.15, 0.2) is 24.5 Å². The third-order valence-corrected chi connectivity index (χ3v) is 2.57. The van der Waals surface area contributed by atoms with Gasteiger partial charge >= 0.3 is 0 Å². The molecule has 14 heavy (non-hydrogen) atoms. The molecule has 1 fully saturated rings. The molecule has 0 spiro atoms. The number of nitrogens with zero attached hydrogens (tertiary/aromatic N) is 1. The van der Waals surface area contributed by atoms with E-state index in [1.807, 2.05) is 19.2 Å². The molecular formula is C11H14N2O. The van der Waals surface area contributed by atoms with Crippen molar-refractivity contribution in [1.82, 2.24) is 10.3 Å². The first-order valence-electron chi connectivity index (χ1n) is 5.00. The highest BCUT2D eigenvalue weighted by Gasteiger charge is 2.39. The zero-order valence-electron chi connectivity index (χ0n) is 8.23. The highest BCUT2D eigenvalue weighted by molar-refractivity contribution is 5.76. The fraction of sp³-hybridized carbons (Fsp3) is 0.455. The second-order valence-corrected chi connectivity index (χ2v) is 3.66. The second kappa shape index (κ2) is 3.78. The van der Waals surface area contributed by atoms with Crippen LogP contribution in [0.5, 0.6) is 0 Å². The summed E-state index contributed by atoms with van der Waals surface area (Å²) in [4.78, 5) is 15.2. The van der Waals surface area contributed by atoms with Gasteiger partial charge in [-0.2, -0.15) is 0 Å². The van der Waals surface area contributed by atoms with E-state index in [1.54, 1.807) is 6.20 Å². The van der Waals surface area contributed by atoms with Crippen LogP contribution in [0.3, 0.4) is 0 Å². The van der Waals surface area contributed by atoms with Gasteiger partial charge in [0.05, 0.1) is 0 Å². The smallest absolute Gasteiger partial charge is 0.219 e. The summed E-state index contributed by atoms with van der Waals surface area (Å²) in [5.74, 6) is 0.626. The molecule has 0 unspecified atom stereocenters. The summed E-state index contributed by atoms with van der Waals surface area (Å²) < 4.78 is 0. The molecule has 2 atom stereocenters. The van der Waals surface area contributed by atoms with Gasteiger partial charge in [-0.3, -0.25) is 9.78 Å². The van der Waals surface area contributed by atoms with E-state index in [2.05, 4.69) is 16.4 Å². The SMILES string of the molecule is CCC(=O)N[C@H]1C[C@@H]1c1cccnc1. The molecule has 0 saturated heterocycles. The fourth-order valence-electron chi connectivity index (χ4n) is 1.63. The summed E-state index contributed by atoms with van der Waals surface area (Å²) in [7, 11) is 0. The van der Waals surface area contributed by atoms with Gasteiger partial charge in [-0.1, -0.05) is 13.0 Å². The van der Waals surface area contributed by atoms with E-state index in [1.165, 1.54) is 5.56 Å². The topological polar surface area (TPSA) is 42.0 Å². The van der Waals surface area contributed by atoms with E-state index in [4.69, 9.17) is 0 Å². The van der Waals surface area contributed by atoms with Crippen molar-refractivity contribution >= 4 is 5.91 Å². The molecule has 1 amide bonds. The molecule has 3 heteroatoms. The van der Waals surface area contributed by atoms with E-state index in [0.29, 0.717) is 18.4 Å². The first-order chi connectivity index (χ1) is 6.81. The van der Waals surface area contributed by atoms with Gasteiger partial charge in [0.2, 0.25) is 5.91 Å². The quantitative estimate of drug-likeness (QED) is 0.784. The van der Waals surface area contributed by atoms with Crippen molar-refractivity contribution in [2.75, 3.05) is 0 Å². The Morgan fingerprint density at radius 2 is 2.57 bits per heavy atom. The molecule has 2 rings (SSSR count). The Kier molecular flexibility index (Phi) is 2.48. The average molecular weight is 190 g/mol. The Balaban J connectivity index is 1.91. The fourth-order valence-corrected chi connectivity index (χ4v) is 1.63. The number of carbonyl (C=O) groups excluding carboxylic acids is 1. The average Bonchev–Trinajstić information content (AvgIpc) is 2.98. The van der Waals surface area contributed by atoms with Gasteiger partial charge in [-0.15, -0.1) is 0 Å². The van der Waals surface area contributed by atoms with Crippen molar-refractivity contribution in [2.45, 2.75) is 31.7 Å². The monoisotopic (exact) mass is 190 g/mol. The molecule has 0 aliphatic heterocycles. The molecule has 1 aromatic heterocycles. The van der Waals surface area contributed by atoms with Crippen LogP contribution in [0.25, 0.3) is 0 Å². The molecule has 0 bridgehead atoms. The Bertz CT molecular complexity index is 323. The number of aromatic nitrogens is 1. The summed E-state index contributed by atoms with van der Waals surface area (Å²) in [6.07, 6.45) is 5.27. The van der Waals surface area contributed by atoms with Gasteiger partial charge < -0.3 is 5.32 Å². The molecule has 1 aliphatic carbocycles. The molecule has 1 saturated carbocycles. The van der Waals surface area contributed by atoms with Crippen molar-refractivity contribution < 1.29 is 4.79 Å². The highest BCUT2D eigenvalue weighted by atomic mass is 16.1. The Morgan fingerprint density at radius 1 is 1.71 bits per heavy atom. The normalized spacial score (nSPS) is 24.4. The number of pyridine rings is 1. The van der Waals surface area contributed by atoms with Crippen LogP contribution < -0.4 is 5.32 Å². The first-order valence-corrected chi connectivity index (χ1v) is 5.00. The lowest BCUT2D eigenvalue weighted by atomic mass is 10.2. The maximum atomic E-state index is 11.1. The number of amides is 1. The Hall–Kier alpha value is -1.38. The van der Waals surface area contributed by atoms with Crippen molar-refractivity contribution in [3.63, 3.8) is 0 Å². The highest BCUT2D eigenvalue weighted by Crippen LogP contribution is 2.40. The van der Waals surface area contributed by atoms with E-state index in [0.717, 1.165) is 6.42 Å². The summed E-state index contributed by atoms with van der Waals surface area (Å²) in [5, 5.41) is 2.99. The van der Waals surface area contributed by atoms with E-state index < -0.39 is 0 Å². The lowest BCUT2D eigenvalue weighted by Gasteiger charge is -2.01. The molecule has 1 N–H and O–H groups in total. The number of rotatable bonds is 3. The Labute approximate surface area is 83.5 Å². The van der Waals surface area contributed by atoms with Crippen molar-refractivity contribution in [3.8, 4) is 0 Å². The van der Waals surface area contributed by atoms with Gasteiger partial charge in [-0.25, -0.2) is 0 Å². The third kappa shape index (κ3) is 1.92. The molecule has 3 nitrogen and oxygen atoms in total. The minimum absolute atomic E-state index is 0.140. The number of hydrogen-bond donors (Lipinski definition) is 1. The lowest BCUT2D eigenvalue weighted by molar-refractivity contribution is -0.120. The summed E-state index contributed by atoms with van der Waals surface area (Å²) in [6.45, 7) is 1.87. The second-order valence-electron chi connectivity index (χ2n) is 3.66. The van der Waals surface area contributed by atoms with E-state index in [-0.39, 0.29) is 5.91 Å². The maximum Gasteiger partial charge on any atom is 0.219 e. The molecule has 1 aromatic rings. The van der Waals surface area contributed by atoms with Crippen LogP contribution in [0.1, 0.15) is 31.2 Å². The van der Waals surface area contributed by atoms with Crippen LogP contribution in [0.4, 0.5) is 0 Å². The van der Waals surface area contributed by atoms with Crippen molar-refractivity contribution in [2.24, 2.45) is 0 Å². The Morgan fingerprint density at radius 3 is 3.21 bits per heavy atom. The van der Waals surface area contributed by atoms with Crippen LogP contribution in [0.2, 0.25) is 0 Å². The van der Waals surface area contributed by atoms with E-state index in [9.17, 15) is 4.79 Å².